The third-order valence-electron chi connectivity index (χ3n) is 4.57. The number of carbonyl (C=O) groups is 2. The maximum absolute atomic E-state index is 13.1. The molecule has 2 aliphatic rings. The van der Waals surface area contributed by atoms with Crippen LogP contribution in [0.1, 0.15) is 25.7 Å². The predicted octanol–water partition coefficient (Wildman–Crippen LogP) is 1.17. The molecule has 2 fully saturated rings. The molecule has 9 heteroatoms. The highest BCUT2D eigenvalue weighted by Gasteiger charge is 2.51. The molecule has 136 valence electrons. The molecule has 2 aliphatic heterocycles. The van der Waals surface area contributed by atoms with Gasteiger partial charge >= 0.3 is 6.03 Å². The van der Waals surface area contributed by atoms with Gasteiger partial charge in [0, 0.05) is 12.1 Å². The fraction of sp³-hybridized carbons (Fsp3) is 0.500. The lowest BCUT2D eigenvalue weighted by Gasteiger charge is -2.16. The first-order chi connectivity index (χ1) is 11.8. The molecule has 1 aromatic rings. The maximum atomic E-state index is 13.1. The average molecular weight is 369 g/mol. The summed E-state index contributed by atoms with van der Waals surface area (Å²) >= 11 is 0. The Balaban J connectivity index is 1.45. The molecule has 2 heterocycles. The molecule has 3 atom stereocenters. The Hall–Kier alpha value is -2.16. The van der Waals surface area contributed by atoms with Crippen LogP contribution in [0.5, 0.6) is 0 Å². The fourth-order valence-electron chi connectivity index (χ4n) is 3.43. The van der Waals surface area contributed by atoms with Crippen LogP contribution in [-0.2, 0) is 14.6 Å². The van der Waals surface area contributed by atoms with Gasteiger partial charge in [0.1, 0.15) is 5.82 Å². The quantitative estimate of drug-likeness (QED) is 0.517. The molecule has 0 aromatic heterocycles. The van der Waals surface area contributed by atoms with E-state index in [2.05, 4.69) is 16.0 Å². The van der Waals surface area contributed by atoms with Crippen molar-refractivity contribution < 1.29 is 22.4 Å². The summed E-state index contributed by atoms with van der Waals surface area (Å²) in [5, 5.41) is 7.28. The molecular weight excluding hydrogens is 349 g/mol. The van der Waals surface area contributed by atoms with E-state index in [1.54, 1.807) is 6.07 Å². The van der Waals surface area contributed by atoms with Gasteiger partial charge in [-0.2, -0.15) is 0 Å². The summed E-state index contributed by atoms with van der Waals surface area (Å²) in [5.74, 6) is -0.708. The SMILES string of the molecule is O=C(CCCCC1C2NC(=O)NC2CS1(=O)=O)Nc1cccc(F)c1. The Morgan fingerprint density at radius 2 is 2.08 bits per heavy atom. The summed E-state index contributed by atoms with van der Waals surface area (Å²) in [5.41, 5.74) is 0.394. The van der Waals surface area contributed by atoms with Gasteiger partial charge in [-0.15, -0.1) is 0 Å². The van der Waals surface area contributed by atoms with Crippen LogP contribution >= 0.6 is 0 Å². The number of benzene rings is 1. The van der Waals surface area contributed by atoms with E-state index in [1.165, 1.54) is 18.2 Å². The zero-order chi connectivity index (χ0) is 18.0. The topological polar surface area (TPSA) is 104 Å². The minimum absolute atomic E-state index is 0.0405. The minimum Gasteiger partial charge on any atom is -0.332 e. The van der Waals surface area contributed by atoms with Crippen molar-refractivity contribution in [3.05, 3.63) is 30.1 Å². The molecule has 3 amide bonds. The summed E-state index contributed by atoms with van der Waals surface area (Å²) in [6, 6.07) is 4.56. The lowest BCUT2D eigenvalue weighted by atomic mass is 10.0. The molecule has 0 radical (unpaired) electrons. The highest BCUT2D eigenvalue weighted by Crippen LogP contribution is 2.28. The van der Waals surface area contributed by atoms with Crippen molar-refractivity contribution >= 4 is 27.5 Å². The second-order valence-corrected chi connectivity index (χ2v) is 8.69. The van der Waals surface area contributed by atoms with E-state index in [9.17, 15) is 22.4 Å². The highest BCUT2D eigenvalue weighted by atomic mass is 32.2. The number of unbranched alkanes of at least 4 members (excludes halogenated alkanes) is 1. The standard InChI is InChI=1S/C16H20FN3O4S/c17-10-4-3-5-11(8-10)18-14(21)7-2-1-6-13-15-12(9-25(13,23)24)19-16(22)20-15/h3-5,8,12-13,15H,1-2,6-7,9H2,(H,18,21)(H2,19,20,22). The molecule has 7 nitrogen and oxygen atoms in total. The van der Waals surface area contributed by atoms with E-state index in [-0.39, 0.29) is 30.2 Å². The smallest absolute Gasteiger partial charge is 0.315 e. The van der Waals surface area contributed by atoms with Crippen LogP contribution in [0.25, 0.3) is 0 Å². The molecule has 0 bridgehead atoms. The second-order valence-electron chi connectivity index (χ2n) is 6.42. The van der Waals surface area contributed by atoms with Gasteiger partial charge in [0.25, 0.3) is 0 Å². The summed E-state index contributed by atoms with van der Waals surface area (Å²) in [6.07, 6.45) is 1.70. The van der Waals surface area contributed by atoms with Crippen molar-refractivity contribution in [2.75, 3.05) is 11.1 Å². The van der Waals surface area contributed by atoms with Gasteiger partial charge in [-0.1, -0.05) is 12.5 Å². The molecular formula is C16H20FN3O4S. The van der Waals surface area contributed by atoms with E-state index in [1.807, 2.05) is 0 Å². The summed E-state index contributed by atoms with van der Waals surface area (Å²) in [4.78, 5) is 23.2. The summed E-state index contributed by atoms with van der Waals surface area (Å²) < 4.78 is 37.4. The Kier molecular flexibility index (Phi) is 4.94. The number of rotatable bonds is 6. The van der Waals surface area contributed by atoms with Gasteiger partial charge in [-0.3, -0.25) is 4.79 Å². The van der Waals surface area contributed by atoms with Gasteiger partial charge in [0.05, 0.1) is 23.1 Å². The molecule has 0 aliphatic carbocycles. The largest absolute Gasteiger partial charge is 0.332 e. The van der Waals surface area contributed by atoms with Gasteiger partial charge in [0.15, 0.2) is 9.84 Å². The first-order valence-electron chi connectivity index (χ1n) is 8.19. The zero-order valence-corrected chi connectivity index (χ0v) is 14.3. The number of carbonyl (C=O) groups excluding carboxylic acids is 2. The van der Waals surface area contributed by atoms with Crippen LogP contribution in [-0.4, -0.2) is 43.4 Å². The number of amides is 3. The van der Waals surface area contributed by atoms with Crippen molar-refractivity contribution in [1.82, 2.24) is 10.6 Å². The van der Waals surface area contributed by atoms with E-state index in [4.69, 9.17) is 0 Å². The van der Waals surface area contributed by atoms with Crippen molar-refractivity contribution in [3.8, 4) is 0 Å². The van der Waals surface area contributed by atoms with E-state index in [0.717, 1.165) is 0 Å². The first kappa shape index (κ1) is 17.7. The van der Waals surface area contributed by atoms with Crippen LogP contribution in [0.15, 0.2) is 24.3 Å². The number of nitrogens with one attached hydrogen (secondary N) is 3. The predicted molar refractivity (Wildman–Crippen MR) is 90.3 cm³/mol. The number of urea groups is 1. The van der Waals surface area contributed by atoms with E-state index >= 15 is 0 Å². The fourth-order valence-corrected chi connectivity index (χ4v) is 5.70. The third-order valence-corrected chi connectivity index (χ3v) is 6.85. The van der Waals surface area contributed by atoms with Crippen LogP contribution in [0.4, 0.5) is 14.9 Å². The van der Waals surface area contributed by atoms with E-state index in [0.29, 0.717) is 24.9 Å². The van der Waals surface area contributed by atoms with Crippen LogP contribution in [0.2, 0.25) is 0 Å². The summed E-state index contributed by atoms with van der Waals surface area (Å²) in [6.45, 7) is 0. The third kappa shape index (κ3) is 4.09. The van der Waals surface area contributed by atoms with Crippen molar-refractivity contribution in [2.45, 2.75) is 43.0 Å². The number of anilines is 1. The zero-order valence-electron chi connectivity index (χ0n) is 13.5. The lowest BCUT2D eigenvalue weighted by molar-refractivity contribution is -0.116. The molecule has 3 unspecified atom stereocenters. The molecule has 3 rings (SSSR count). The van der Waals surface area contributed by atoms with Crippen molar-refractivity contribution in [2.24, 2.45) is 0 Å². The van der Waals surface area contributed by atoms with Crippen LogP contribution < -0.4 is 16.0 Å². The number of sulfone groups is 1. The number of hydrogen-bond acceptors (Lipinski definition) is 4. The number of hydrogen-bond donors (Lipinski definition) is 3. The van der Waals surface area contributed by atoms with Gasteiger partial charge in [0.2, 0.25) is 5.91 Å². The monoisotopic (exact) mass is 369 g/mol. The summed E-state index contributed by atoms with van der Waals surface area (Å²) in [7, 11) is -3.24. The Morgan fingerprint density at radius 1 is 1.28 bits per heavy atom. The maximum Gasteiger partial charge on any atom is 0.315 e. The first-order valence-corrected chi connectivity index (χ1v) is 9.91. The normalized spacial score (nSPS) is 26.6. The molecule has 0 spiro atoms. The number of fused-ring (bicyclic) bond motifs is 1. The highest BCUT2D eigenvalue weighted by molar-refractivity contribution is 7.92. The Bertz CT molecular complexity index is 783. The molecule has 3 N–H and O–H groups in total. The average Bonchev–Trinajstić information content (AvgIpc) is 2.96. The van der Waals surface area contributed by atoms with Crippen LogP contribution in [0, 0.1) is 5.82 Å². The molecule has 2 saturated heterocycles. The Labute approximate surface area is 145 Å². The second kappa shape index (κ2) is 6.99. The van der Waals surface area contributed by atoms with Crippen LogP contribution in [0.3, 0.4) is 0 Å². The van der Waals surface area contributed by atoms with E-state index < -0.39 is 26.9 Å². The van der Waals surface area contributed by atoms with Crippen molar-refractivity contribution in [1.29, 1.82) is 0 Å². The van der Waals surface area contributed by atoms with Gasteiger partial charge < -0.3 is 16.0 Å². The lowest BCUT2D eigenvalue weighted by Crippen LogP contribution is -2.39. The molecule has 0 saturated carbocycles. The Morgan fingerprint density at radius 3 is 2.84 bits per heavy atom. The molecule has 1 aromatic carbocycles. The minimum atomic E-state index is -3.24. The van der Waals surface area contributed by atoms with Gasteiger partial charge in [-0.05, 0) is 31.0 Å². The van der Waals surface area contributed by atoms with Gasteiger partial charge in [-0.25, -0.2) is 17.6 Å². The van der Waals surface area contributed by atoms with Crippen molar-refractivity contribution in [3.63, 3.8) is 0 Å². The molecule has 25 heavy (non-hydrogen) atoms. The number of halogens is 1.